The molecular weight excluding hydrogens is 457 g/mol. The first-order valence-electron chi connectivity index (χ1n) is 9.10. The van der Waals surface area contributed by atoms with E-state index in [0.29, 0.717) is 25.9 Å². The highest BCUT2D eigenvalue weighted by molar-refractivity contribution is 7.92. The highest BCUT2D eigenvalue weighted by Gasteiger charge is 2.25. The third-order valence-electron chi connectivity index (χ3n) is 4.41. The molecule has 166 valence electrons. The van der Waals surface area contributed by atoms with Crippen LogP contribution in [0.1, 0.15) is 23.2 Å². The SMILES string of the molecule is C=CS(=O)(=O)NC1CCN(C(=O)COc2cc(C(=O)NCCO)c(Cl)cc2Cl)CC1. The Labute approximate surface area is 185 Å². The zero-order chi connectivity index (χ0) is 22.3. The highest BCUT2D eigenvalue weighted by Crippen LogP contribution is 2.31. The van der Waals surface area contributed by atoms with E-state index in [2.05, 4.69) is 16.6 Å². The first-order valence-corrected chi connectivity index (χ1v) is 11.4. The molecule has 2 amide bonds. The van der Waals surface area contributed by atoms with Gasteiger partial charge >= 0.3 is 0 Å². The third kappa shape index (κ3) is 6.85. The zero-order valence-electron chi connectivity index (χ0n) is 16.1. The number of aliphatic hydroxyl groups excluding tert-OH is 1. The second-order valence-electron chi connectivity index (χ2n) is 6.52. The Kier molecular flexibility index (Phi) is 8.92. The number of halogens is 2. The largest absolute Gasteiger partial charge is 0.482 e. The third-order valence-corrected chi connectivity index (χ3v) is 6.12. The van der Waals surface area contributed by atoms with Crippen molar-refractivity contribution in [2.24, 2.45) is 0 Å². The van der Waals surface area contributed by atoms with Gasteiger partial charge in [0.15, 0.2) is 6.61 Å². The van der Waals surface area contributed by atoms with Crippen LogP contribution in [0.5, 0.6) is 5.75 Å². The minimum atomic E-state index is -3.51. The number of benzene rings is 1. The number of ether oxygens (including phenoxy) is 1. The zero-order valence-corrected chi connectivity index (χ0v) is 18.4. The number of nitrogens with one attached hydrogen (secondary N) is 2. The molecule has 0 atom stereocenters. The van der Waals surface area contributed by atoms with E-state index in [-0.39, 0.29) is 53.1 Å². The number of aliphatic hydroxyl groups is 1. The summed E-state index contributed by atoms with van der Waals surface area (Å²) in [4.78, 5) is 26.1. The number of carbonyl (C=O) groups is 2. The molecule has 0 radical (unpaired) electrons. The van der Waals surface area contributed by atoms with Gasteiger partial charge in [-0.25, -0.2) is 13.1 Å². The average molecular weight is 480 g/mol. The summed E-state index contributed by atoms with van der Waals surface area (Å²) in [7, 11) is -3.51. The summed E-state index contributed by atoms with van der Waals surface area (Å²) >= 11 is 12.1. The van der Waals surface area contributed by atoms with Gasteiger partial charge in [0, 0.05) is 31.1 Å². The number of hydrogen-bond donors (Lipinski definition) is 3. The fraction of sp³-hybridized carbons (Fsp3) is 0.444. The van der Waals surface area contributed by atoms with Gasteiger partial charge in [0.05, 0.1) is 22.2 Å². The normalized spacial score (nSPS) is 15.0. The Balaban J connectivity index is 1.93. The molecule has 1 aliphatic rings. The minimum Gasteiger partial charge on any atom is -0.482 e. The maximum atomic E-state index is 12.4. The van der Waals surface area contributed by atoms with E-state index < -0.39 is 15.9 Å². The number of piperidine rings is 1. The van der Waals surface area contributed by atoms with E-state index in [9.17, 15) is 18.0 Å². The fourth-order valence-corrected chi connectivity index (χ4v) is 4.16. The Morgan fingerprint density at radius 2 is 1.93 bits per heavy atom. The molecule has 0 spiro atoms. The lowest BCUT2D eigenvalue weighted by molar-refractivity contribution is -0.134. The van der Waals surface area contributed by atoms with Crippen LogP contribution in [0.2, 0.25) is 10.0 Å². The minimum absolute atomic E-state index is 0.0609. The van der Waals surface area contributed by atoms with E-state index in [1.54, 1.807) is 4.90 Å². The van der Waals surface area contributed by atoms with Crippen molar-refractivity contribution in [1.29, 1.82) is 0 Å². The van der Waals surface area contributed by atoms with E-state index in [4.69, 9.17) is 33.0 Å². The number of nitrogens with zero attached hydrogens (tertiary/aromatic N) is 1. The summed E-state index contributed by atoms with van der Waals surface area (Å²) in [5.41, 5.74) is 0.104. The van der Waals surface area contributed by atoms with Crippen LogP contribution in [0, 0.1) is 0 Å². The summed E-state index contributed by atoms with van der Waals surface area (Å²) in [6, 6.07) is 2.42. The number of sulfonamides is 1. The van der Waals surface area contributed by atoms with E-state index in [1.807, 2.05) is 0 Å². The first-order chi connectivity index (χ1) is 14.2. The molecule has 0 bridgehead atoms. The number of carbonyl (C=O) groups excluding carboxylic acids is 2. The van der Waals surface area contributed by atoms with Gasteiger partial charge in [-0.3, -0.25) is 9.59 Å². The summed E-state index contributed by atoms with van der Waals surface area (Å²) in [5, 5.41) is 12.4. The molecule has 3 N–H and O–H groups in total. The number of rotatable bonds is 9. The molecule has 1 fully saturated rings. The molecule has 0 saturated carbocycles. The van der Waals surface area contributed by atoms with Gasteiger partial charge < -0.3 is 20.1 Å². The molecule has 0 aromatic heterocycles. The molecule has 1 aromatic carbocycles. The lowest BCUT2D eigenvalue weighted by atomic mass is 10.1. The van der Waals surface area contributed by atoms with Gasteiger partial charge in [0.1, 0.15) is 5.75 Å². The van der Waals surface area contributed by atoms with E-state index in [1.165, 1.54) is 12.1 Å². The topological polar surface area (TPSA) is 125 Å². The second-order valence-corrected chi connectivity index (χ2v) is 8.99. The van der Waals surface area contributed by atoms with Crippen LogP contribution < -0.4 is 14.8 Å². The lowest BCUT2D eigenvalue weighted by Gasteiger charge is -2.32. The van der Waals surface area contributed by atoms with Crippen molar-refractivity contribution in [3.05, 3.63) is 39.7 Å². The van der Waals surface area contributed by atoms with Crippen molar-refractivity contribution < 1.29 is 27.9 Å². The van der Waals surface area contributed by atoms with Crippen LogP contribution >= 0.6 is 23.2 Å². The number of amides is 2. The van der Waals surface area contributed by atoms with E-state index in [0.717, 1.165) is 5.41 Å². The van der Waals surface area contributed by atoms with Gasteiger partial charge in [0.25, 0.3) is 11.8 Å². The molecule has 30 heavy (non-hydrogen) atoms. The summed E-state index contributed by atoms with van der Waals surface area (Å²) in [6.45, 7) is 3.53. The Hall–Kier alpha value is -1.85. The van der Waals surface area contributed by atoms with Crippen LogP contribution in [0.4, 0.5) is 0 Å². The summed E-state index contributed by atoms with van der Waals surface area (Å²) in [6.07, 6.45) is 0.936. The number of hydrogen-bond acceptors (Lipinski definition) is 6. The van der Waals surface area contributed by atoms with Gasteiger partial charge in [-0.2, -0.15) is 0 Å². The molecule has 9 nitrogen and oxygen atoms in total. The molecule has 1 aromatic rings. The van der Waals surface area contributed by atoms with Gasteiger partial charge in [-0.05, 0) is 25.0 Å². The van der Waals surface area contributed by atoms with Crippen LogP contribution in [-0.4, -0.2) is 69.1 Å². The monoisotopic (exact) mass is 479 g/mol. The predicted octanol–water partition coefficient (Wildman–Crippen LogP) is 1.15. The summed E-state index contributed by atoms with van der Waals surface area (Å²) in [5.74, 6) is -0.680. The summed E-state index contributed by atoms with van der Waals surface area (Å²) < 4.78 is 31.1. The van der Waals surface area contributed by atoms with Crippen LogP contribution in [0.15, 0.2) is 24.1 Å². The molecule has 1 saturated heterocycles. The van der Waals surface area contributed by atoms with Gasteiger partial charge in [-0.15, -0.1) is 0 Å². The Bertz CT molecular complexity index is 901. The molecular formula is C18H23Cl2N3O6S. The Morgan fingerprint density at radius 1 is 1.27 bits per heavy atom. The Morgan fingerprint density at radius 3 is 2.53 bits per heavy atom. The molecule has 2 rings (SSSR count). The molecule has 0 aliphatic carbocycles. The molecule has 12 heteroatoms. The standard InChI is InChI=1S/C18H23Cl2N3O6S/c1-2-30(27,28)22-12-3-6-23(7-4-12)17(25)11-29-16-9-13(14(19)10-15(16)20)18(26)21-5-8-24/h2,9-10,12,22,24H,1,3-8,11H2,(H,21,26). The first kappa shape index (κ1) is 24.4. The molecule has 1 heterocycles. The molecule has 0 unspecified atom stereocenters. The smallest absolute Gasteiger partial charge is 0.260 e. The van der Waals surface area contributed by atoms with Gasteiger partial charge in [0.2, 0.25) is 10.0 Å². The van der Waals surface area contributed by atoms with Crippen molar-refractivity contribution in [3.8, 4) is 5.75 Å². The van der Waals surface area contributed by atoms with Crippen LogP contribution in [0.25, 0.3) is 0 Å². The lowest BCUT2D eigenvalue weighted by Crippen LogP contribution is -2.47. The maximum absolute atomic E-state index is 12.4. The van der Waals surface area contributed by atoms with E-state index >= 15 is 0 Å². The van der Waals surface area contributed by atoms with Gasteiger partial charge in [-0.1, -0.05) is 29.8 Å². The average Bonchev–Trinajstić information content (AvgIpc) is 2.71. The van der Waals surface area contributed by atoms with Crippen molar-refractivity contribution in [3.63, 3.8) is 0 Å². The van der Waals surface area contributed by atoms with Crippen LogP contribution in [0.3, 0.4) is 0 Å². The quantitative estimate of drug-likeness (QED) is 0.487. The van der Waals surface area contributed by atoms with Crippen molar-refractivity contribution in [2.75, 3.05) is 32.8 Å². The van der Waals surface area contributed by atoms with Crippen molar-refractivity contribution in [2.45, 2.75) is 18.9 Å². The maximum Gasteiger partial charge on any atom is 0.260 e. The number of likely N-dealkylation sites (tertiary alicyclic amines) is 1. The van der Waals surface area contributed by atoms with Crippen molar-refractivity contribution >= 4 is 45.0 Å². The van der Waals surface area contributed by atoms with Crippen LogP contribution in [-0.2, 0) is 14.8 Å². The van der Waals surface area contributed by atoms with Crippen molar-refractivity contribution in [1.82, 2.24) is 14.9 Å². The second kappa shape index (κ2) is 11.0. The molecule has 1 aliphatic heterocycles. The highest BCUT2D eigenvalue weighted by atomic mass is 35.5. The fourth-order valence-electron chi connectivity index (χ4n) is 2.84. The predicted molar refractivity (Wildman–Crippen MR) is 113 cm³/mol.